The molecule has 4 N–H and O–H groups in total. The first-order valence-electron chi connectivity index (χ1n) is 10.0. The summed E-state index contributed by atoms with van der Waals surface area (Å²) in [7, 11) is 0. The van der Waals surface area contributed by atoms with Gasteiger partial charge < -0.3 is 21.1 Å². The molecule has 2 aromatic heterocycles. The summed E-state index contributed by atoms with van der Waals surface area (Å²) in [6.45, 7) is 3.54. The van der Waals surface area contributed by atoms with E-state index in [-0.39, 0.29) is 30.9 Å². The van der Waals surface area contributed by atoms with Crippen LogP contribution in [-0.2, 0) is 16.1 Å². The number of aromatic nitrogens is 3. The number of aliphatic hydroxyl groups excluding tert-OH is 1. The van der Waals surface area contributed by atoms with Crippen LogP contribution in [0, 0.1) is 0 Å². The van der Waals surface area contributed by atoms with Crippen molar-refractivity contribution in [2.24, 2.45) is 5.73 Å². The lowest BCUT2D eigenvalue weighted by Crippen LogP contribution is -2.41. The number of benzene rings is 1. The quantitative estimate of drug-likeness (QED) is 0.476. The molecule has 1 atom stereocenters. The van der Waals surface area contributed by atoms with Gasteiger partial charge in [0, 0.05) is 11.4 Å². The second kappa shape index (κ2) is 8.66. The van der Waals surface area contributed by atoms with Gasteiger partial charge in [0.05, 0.1) is 11.2 Å². The Balaban J connectivity index is 1.49. The molecule has 3 aromatic rings. The van der Waals surface area contributed by atoms with E-state index < -0.39 is 6.23 Å². The van der Waals surface area contributed by atoms with Crippen molar-refractivity contribution in [2.75, 3.05) is 11.9 Å². The largest absolute Gasteiger partial charge is 0.373 e. The van der Waals surface area contributed by atoms with Crippen LogP contribution in [0.2, 0.25) is 0 Å². The molecule has 9 nitrogen and oxygen atoms in total. The average molecular weight is 420 g/mol. The molecule has 0 spiro atoms. The van der Waals surface area contributed by atoms with E-state index in [0.29, 0.717) is 28.1 Å². The van der Waals surface area contributed by atoms with E-state index in [1.165, 1.54) is 4.68 Å². The molecule has 2 amide bonds. The van der Waals surface area contributed by atoms with Crippen molar-refractivity contribution in [1.82, 2.24) is 19.7 Å². The van der Waals surface area contributed by atoms with Crippen LogP contribution in [0.3, 0.4) is 0 Å². The summed E-state index contributed by atoms with van der Waals surface area (Å²) < 4.78 is 1.52. The molecule has 1 saturated carbocycles. The van der Waals surface area contributed by atoms with Crippen LogP contribution in [0.15, 0.2) is 49.0 Å². The molecular weight excluding hydrogens is 396 g/mol. The fourth-order valence-corrected chi connectivity index (χ4v) is 3.49. The summed E-state index contributed by atoms with van der Waals surface area (Å²) in [5, 5.41) is 17.6. The van der Waals surface area contributed by atoms with Gasteiger partial charge in [0.15, 0.2) is 0 Å². The van der Waals surface area contributed by atoms with Gasteiger partial charge in [0.2, 0.25) is 11.8 Å². The first kappa shape index (κ1) is 20.7. The average Bonchev–Trinajstić information content (AvgIpc) is 3.54. The fourth-order valence-electron chi connectivity index (χ4n) is 3.49. The van der Waals surface area contributed by atoms with Gasteiger partial charge in [-0.15, -0.1) is 0 Å². The number of carbonyl (C=O) groups is 2. The van der Waals surface area contributed by atoms with Gasteiger partial charge in [0.25, 0.3) is 0 Å². The minimum absolute atomic E-state index is 0.0344. The molecule has 1 unspecified atom stereocenters. The highest BCUT2D eigenvalue weighted by molar-refractivity contribution is 5.94. The molecule has 4 rings (SSSR count). The van der Waals surface area contributed by atoms with Crippen molar-refractivity contribution >= 4 is 34.6 Å². The lowest BCUT2D eigenvalue weighted by molar-refractivity contribution is -0.135. The van der Waals surface area contributed by atoms with E-state index in [2.05, 4.69) is 22.0 Å². The maximum absolute atomic E-state index is 13.1. The van der Waals surface area contributed by atoms with Gasteiger partial charge in [0.1, 0.15) is 30.8 Å². The number of carbonyl (C=O) groups excluding carboxylic acids is 2. The molecule has 0 saturated heterocycles. The zero-order valence-electron chi connectivity index (χ0n) is 16.9. The highest BCUT2D eigenvalue weighted by Gasteiger charge is 2.34. The van der Waals surface area contributed by atoms with E-state index in [4.69, 9.17) is 5.73 Å². The Morgan fingerprint density at radius 2 is 2.06 bits per heavy atom. The van der Waals surface area contributed by atoms with Crippen molar-refractivity contribution in [3.05, 3.63) is 60.4 Å². The second-order valence-corrected chi connectivity index (χ2v) is 7.46. The molecular formula is C22H24N6O3. The molecule has 1 aliphatic carbocycles. The predicted molar refractivity (Wildman–Crippen MR) is 117 cm³/mol. The summed E-state index contributed by atoms with van der Waals surface area (Å²) in [5.41, 5.74) is 7.28. The number of nitrogens with one attached hydrogen (secondary N) is 1. The lowest BCUT2D eigenvalue weighted by Gasteiger charge is -2.22. The molecule has 0 aliphatic heterocycles. The molecule has 1 aromatic carbocycles. The third kappa shape index (κ3) is 4.62. The number of fused-ring (bicyclic) bond motifs is 1. The predicted octanol–water partition coefficient (Wildman–Crippen LogP) is 1.65. The number of hydrogen-bond donors (Lipinski definition) is 3. The maximum atomic E-state index is 13.1. The lowest BCUT2D eigenvalue weighted by atomic mass is 10.2. The Morgan fingerprint density at radius 3 is 2.77 bits per heavy atom. The van der Waals surface area contributed by atoms with Gasteiger partial charge >= 0.3 is 0 Å². The van der Waals surface area contributed by atoms with E-state index in [9.17, 15) is 14.7 Å². The Morgan fingerprint density at radius 1 is 1.29 bits per heavy atom. The molecule has 0 bridgehead atoms. The molecule has 1 aliphatic rings. The number of aliphatic hydroxyl groups is 1. The van der Waals surface area contributed by atoms with Gasteiger partial charge in [-0.05, 0) is 37.1 Å². The number of pyridine rings is 1. The van der Waals surface area contributed by atoms with Crippen LogP contribution in [0.25, 0.3) is 17.0 Å². The molecule has 2 heterocycles. The van der Waals surface area contributed by atoms with Crippen molar-refractivity contribution in [3.8, 4) is 0 Å². The fraction of sp³-hybridized carbons (Fsp3) is 0.273. The Kier molecular flexibility index (Phi) is 5.79. The number of rotatable bonds is 8. The minimum atomic E-state index is -1.25. The number of anilines is 1. The number of nitrogens with zero attached hydrogens (tertiary/aromatic N) is 4. The summed E-state index contributed by atoms with van der Waals surface area (Å²) in [4.78, 5) is 31.5. The van der Waals surface area contributed by atoms with Crippen LogP contribution < -0.4 is 11.1 Å². The van der Waals surface area contributed by atoms with Crippen molar-refractivity contribution in [3.63, 3.8) is 0 Å². The Bertz CT molecular complexity index is 1140. The highest BCUT2D eigenvalue weighted by atomic mass is 16.3. The van der Waals surface area contributed by atoms with Crippen LogP contribution in [0.1, 0.15) is 30.5 Å². The van der Waals surface area contributed by atoms with E-state index >= 15 is 0 Å². The van der Waals surface area contributed by atoms with E-state index in [1.54, 1.807) is 35.2 Å². The number of hydrogen-bond acceptors (Lipinski definition) is 6. The summed E-state index contributed by atoms with van der Waals surface area (Å²) in [6.07, 6.45) is 2.06. The normalized spacial score (nSPS) is 14.3. The van der Waals surface area contributed by atoms with Crippen LogP contribution in [-0.4, -0.2) is 49.2 Å². The standard InChI is InChI=1S/C22H24N6O3/c1-2-14-6-5-9-18(24-14)25-19(29)12-27(15-10-11-15)20(30)13-28-17-8-4-3-7-16(17)21(26-28)22(23)31/h2-9,15,22,31H,1,10-13,23H2,(H,24,25,29). The Labute approximate surface area is 179 Å². The molecule has 160 valence electrons. The van der Waals surface area contributed by atoms with Gasteiger partial charge in [-0.2, -0.15) is 5.10 Å². The molecule has 9 heteroatoms. The SMILES string of the molecule is C=Cc1cccc(NC(=O)CN(C(=O)Cn2nc(C(N)O)c3ccccc32)C2CC2)n1. The number of amides is 2. The zero-order valence-corrected chi connectivity index (χ0v) is 16.9. The maximum Gasteiger partial charge on any atom is 0.245 e. The van der Waals surface area contributed by atoms with Crippen LogP contribution in [0.5, 0.6) is 0 Å². The van der Waals surface area contributed by atoms with E-state index in [0.717, 1.165) is 12.8 Å². The summed E-state index contributed by atoms with van der Waals surface area (Å²) in [6, 6.07) is 12.5. The topological polar surface area (TPSA) is 126 Å². The van der Waals surface area contributed by atoms with Crippen molar-refractivity contribution < 1.29 is 14.7 Å². The van der Waals surface area contributed by atoms with Crippen LogP contribution in [0.4, 0.5) is 5.82 Å². The smallest absolute Gasteiger partial charge is 0.245 e. The van der Waals surface area contributed by atoms with Gasteiger partial charge in [-0.1, -0.05) is 30.8 Å². The van der Waals surface area contributed by atoms with Crippen molar-refractivity contribution in [2.45, 2.75) is 31.7 Å². The zero-order chi connectivity index (χ0) is 22.0. The first-order chi connectivity index (χ1) is 15.0. The third-order valence-corrected chi connectivity index (χ3v) is 5.12. The second-order valence-electron chi connectivity index (χ2n) is 7.46. The van der Waals surface area contributed by atoms with Gasteiger partial charge in [-0.3, -0.25) is 14.3 Å². The third-order valence-electron chi connectivity index (χ3n) is 5.12. The monoisotopic (exact) mass is 420 g/mol. The number of para-hydroxylation sites is 1. The minimum Gasteiger partial charge on any atom is -0.373 e. The van der Waals surface area contributed by atoms with Crippen molar-refractivity contribution in [1.29, 1.82) is 0 Å². The summed E-state index contributed by atoms with van der Waals surface area (Å²) >= 11 is 0. The Hall–Kier alpha value is -3.56. The van der Waals surface area contributed by atoms with Gasteiger partial charge in [-0.25, -0.2) is 4.98 Å². The molecule has 31 heavy (non-hydrogen) atoms. The highest BCUT2D eigenvalue weighted by Crippen LogP contribution is 2.28. The summed E-state index contributed by atoms with van der Waals surface area (Å²) in [5.74, 6) is -0.139. The first-order valence-corrected chi connectivity index (χ1v) is 10.0. The van der Waals surface area contributed by atoms with E-state index in [1.807, 2.05) is 18.2 Å². The molecule has 1 fully saturated rings. The van der Waals surface area contributed by atoms with Crippen LogP contribution >= 0.6 is 0 Å². The molecule has 0 radical (unpaired) electrons. The number of nitrogens with two attached hydrogens (primary N) is 1.